The number of hydrogen-bond acceptors (Lipinski definition) is 12. The summed E-state index contributed by atoms with van der Waals surface area (Å²) in [6, 6.07) is 13.9. The van der Waals surface area contributed by atoms with Crippen molar-refractivity contribution in [3.8, 4) is 0 Å². The Bertz CT molecular complexity index is 1010. The van der Waals surface area contributed by atoms with Crippen molar-refractivity contribution in [2.24, 2.45) is 0 Å². The van der Waals surface area contributed by atoms with Gasteiger partial charge in [0, 0.05) is 31.0 Å². The number of pyridine rings is 3. The molecule has 0 spiro atoms. The van der Waals surface area contributed by atoms with Gasteiger partial charge >= 0.3 is 17.4 Å². The van der Waals surface area contributed by atoms with Gasteiger partial charge in [-0.05, 0) is 36.4 Å². The summed E-state index contributed by atoms with van der Waals surface area (Å²) in [5, 5.41) is 49.2. The number of quaternary nitrogens is 1. The summed E-state index contributed by atoms with van der Waals surface area (Å²) >= 11 is 0. The van der Waals surface area contributed by atoms with E-state index in [-0.39, 0.29) is 40.9 Å². The van der Waals surface area contributed by atoms with Crippen LogP contribution in [0.25, 0.3) is 0 Å². The van der Waals surface area contributed by atoms with E-state index in [2.05, 4.69) is 15.0 Å². The largest absolute Gasteiger partial charge is 3.00 e. The Hall–Kier alpha value is -4.22. The molecule has 14 heteroatoms. The van der Waals surface area contributed by atoms with Crippen LogP contribution in [0, 0.1) is 0 Å². The quantitative estimate of drug-likeness (QED) is 0.270. The standard InChI is InChI=1S/C7H15NO3.3C6H5NO2.Cr/c1-8(2,3)5-6(9)4-7(10)11;3*8-6(9)5-3-1-2-4-7-5;/h6,9H,4-5H2,1-3H3;3*1-4H,(H,8,9);/q;;;;+3/p-3. The molecule has 3 heterocycles. The Morgan fingerprint density at radius 1 is 0.692 bits per heavy atom. The fraction of sp³-hybridized carbons (Fsp3) is 0.240. The maximum absolute atomic E-state index is 10.0. The van der Waals surface area contributed by atoms with Crippen LogP contribution in [0.2, 0.25) is 0 Å². The molecule has 3 aromatic heterocycles. The van der Waals surface area contributed by atoms with Gasteiger partial charge < -0.3 is 49.2 Å². The SMILES string of the molecule is C[N+](C)(C)CC(O)CC(=O)[O-].O=C([O-])c1ccccn1.O=C([O-])c1ccccn1.O=C([O-])c1ccccn1.[Cr+3]. The minimum absolute atomic E-state index is 0. The summed E-state index contributed by atoms with van der Waals surface area (Å²) in [6.07, 6.45) is 3.14. The third-order valence-electron chi connectivity index (χ3n) is 3.78. The number of carboxylic acids is 4. The zero-order valence-electron chi connectivity index (χ0n) is 21.3. The fourth-order valence-electron chi connectivity index (χ4n) is 2.34. The van der Waals surface area contributed by atoms with Crippen LogP contribution in [0.5, 0.6) is 0 Å². The first-order valence-corrected chi connectivity index (χ1v) is 10.8. The van der Waals surface area contributed by atoms with Gasteiger partial charge in [0.15, 0.2) is 0 Å². The van der Waals surface area contributed by atoms with E-state index in [1.54, 1.807) is 36.4 Å². The second-order valence-electron chi connectivity index (χ2n) is 8.21. The predicted molar refractivity (Wildman–Crippen MR) is 124 cm³/mol. The summed E-state index contributed by atoms with van der Waals surface area (Å²) in [5.74, 6) is -4.92. The second-order valence-corrected chi connectivity index (χ2v) is 8.21. The number of hydrogen-bond donors (Lipinski definition) is 1. The van der Waals surface area contributed by atoms with Gasteiger partial charge in [-0.15, -0.1) is 0 Å². The van der Waals surface area contributed by atoms with Gasteiger partial charge in [0.2, 0.25) is 0 Å². The third-order valence-corrected chi connectivity index (χ3v) is 3.78. The van der Waals surface area contributed by atoms with Crippen LogP contribution >= 0.6 is 0 Å². The normalized spacial score (nSPS) is 10.3. The van der Waals surface area contributed by atoms with Crippen molar-refractivity contribution < 1.29 is 66.6 Å². The number of rotatable bonds is 7. The number of aromatic nitrogens is 3. The molecule has 0 aliphatic heterocycles. The van der Waals surface area contributed by atoms with E-state index in [9.17, 15) is 39.6 Å². The molecule has 0 aromatic carbocycles. The zero-order valence-corrected chi connectivity index (χ0v) is 22.6. The summed E-state index contributed by atoms with van der Waals surface area (Å²) in [6.45, 7) is 0.425. The van der Waals surface area contributed by atoms with Crippen molar-refractivity contribution in [3.63, 3.8) is 0 Å². The molecular weight excluding hydrogens is 552 g/mol. The number of nitrogens with zero attached hydrogens (tertiary/aromatic N) is 4. The molecule has 0 bridgehead atoms. The number of aliphatic hydroxyl groups excluding tert-OH is 1. The minimum atomic E-state index is -1.24. The number of aliphatic hydroxyl groups is 1. The van der Waals surface area contributed by atoms with Crippen molar-refractivity contribution in [1.82, 2.24) is 15.0 Å². The van der Waals surface area contributed by atoms with E-state index < -0.39 is 30.0 Å². The van der Waals surface area contributed by atoms with Crippen LogP contribution in [0.4, 0.5) is 0 Å². The number of carbonyl (C=O) groups excluding carboxylic acids is 4. The minimum Gasteiger partial charge on any atom is -0.550 e. The average molecular weight is 580 g/mol. The first-order chi connectivity index (χ1) is 17.7. The molecule has 0 fully saturated rings. The number of likely N-dealkylation sites (N-methyl/N-ethyl adjacent to an activating group) is 1. The van der Waals surface area contributed by atoms with E-state index in [0.29, 0.717) is 11.0 Å². The number of aliphatic carboxylic acids is 1. The van der Waals surface area contributed by atoms with Crippen LogP contribution in [0.1, 0.15) is 37.9 Å². The molecule has 3 rings (SSSR count). The van der Waals surface area contributed by atoms with E-state index in [4.69, 9.17) is 5.11 Å². The first-order valence-electron chi connectivity index (χ1n) is 10.8. The summed E-state index contributed by atoms with van der Waals surface area (Å²) in [4.78, 5) is 50.6. The van der Waals surface area contributed by atoms with Crippen molar-refractivity contribution in [2.75, 3.05) is 27.7 Å². The zero-order chi connectivity index (χ0) is 29.1. The van der Waals surface area contributed by atoms with Gasteiger partial charge in [-0.2, -0.15) is 0 Å². The molecule has 0 amide bonds. The Morgan fingerprint density at radius 3 is 1.15 bits per heavy atom. The number of carboxylic acid groups (broad SMARTS) is 4. The summed E-state index contributed by atoms with van der Waals surface area (Å²) < 4.78 is 0.550. The molecular formula is C25H27CrN4O9. The van der Waals surface area contributed by atoms with Crippen molar-refractivity contribution >= 4 is 23.9 Å². The maximum Gasteiger partial charge on any atom is 3.00 e. The molecule has 207 valence electrons. The number of carbonyl (C=O) groups is 4. The molecule has 1 unspecified atom stereocenters. The van der Waals surface area contributed by atoms with Gasteiger partial charge in [0.25, 0.3) is 0 Å². The topological polar surface area (TPSA) is 219 Å². The van der Waals surface area contributed by atoms with Crippen LogP contribution in [-0.4, -0.2) is 82.2 Å². The summed E-state index contributed by atoms with van der Waals surface area (Å²) in [5.41, 5.74) is -0.0903. The molecule has 0 aliphatic rings. The maximum atomic E-state index is 10.0. The van der Waals surface area contributed by atoms with Crippen LogP contribution in [0.15, 0.2) is 73.2 Å². The number of aromatic carboxylic acids is 3. The second kappa shape index (κ2) is 19.8. The van der Waals surface area contributed by atoms with E-state index >= 15 is 0 Å². The van der Waals surface area contributed by atoms with Gasteiger partial charge in [-0.25, -0.2) is 0 Å². The molecule has 1 radical (unpaired) electrons. The molecule has 13 nitrogen and oxygen atoms in total. The van der Waals surface area contributed by atoms with Crippen molar-refractivity contribution in [3.05, 3.63) is 90.3 Å². The predicted octanol–water partition coefficient (Wildman–Crippen LogP) is -3.47. The van der Waals surface area contributed by atoms with E-state index in [0.717, 1.165) is 0 Å². The van der Waals surface area contributed by atoms with Crippen LogP contribution in [0.3, 0.4) is 0 Å². The smallest absolute Gasteiger partial charge is 0.550 e. The Kier molecular flexibility index (Phi) is 18.8. The Labute approximate surface area is 235 Å². The molecule has 1 N–H and O–H groups in total. The molecule has 3 aromatic rings. The van der Waals surface area contributed by atoms with Gasteiger partial charge in [-0.3, -0.25) is 15.0 Å². The molecule has 0 aliphatic carbocycles. The van der Waals surface area contributed by atoms with Crippen molar-refractivity contribution in [1.29, 1.82) is 0 Å². The molecule has 1 atom stereocenters. The van der Waals surface area contributed by atoms with E-state index in [1.165, 1.54) is 36.8 Å². The molecule has 0 saturated carbocycles. The first kappa shape index (κ1) is 36.9. The average Bonchev–Trinajstić information content (AvgIpc) is 2.85. The van der Waals surface area contributed by atoms with Gasteiger partial charge in [-0.1, -0.05) is 18.2 Å². The molecule has 0 saturated heterocycles. The van der Waals surface area contributed by atoms with E-state index in [1.807, 2.05) is 21.1 Å². The van der Waals surface area contributed by atoms with Crippen molar-refractivity contribution in [2.45, 2.75) is 12.5 Å². The Balaban J connectivity index is 0. The van der Waals surface area contributed by atoms with Crippen LogP contribution < -0.4 is 20.4 Å². The summed E-state index contributed by atoms with van der Waals surface area (Å²) in [7, 11) is 5.66. The van der Waals surface area contributed by atoms with Gasteiger partial charge in [0.05, 0.1) is 56.1 Å². The van der Waals surface area contributed by atoms with Gasteiger partial charge in [0.1, 0.15) is 12.6 Å². The van der Waals surface area contributed by atoms with Crippen LogP contribution in [-0.2, 0) is 22.2 Å². The molecule has 39 heavy (non-hydrogen) atoms. The fourth-order valence-corrected chi connectivity index (χ4v) is 2.34. The third kappa shape index (κ3) is 20.5. The monoisotopic (exact) mass is 579 g/mol. The Morgan fingerprint density at radius 2 is 1.00 bits per heavy atom.